The largest absolute Gasteiger partial charge is 0.465 e. The molecule has 0 bridgehead atoms. The van der Waals surface area contributed by atoms with Crippen LogP contribution in [0.2, 0.25) is 0 Å². The van der Waals surface area contributed by atoms with E-state index in [1.165, 1.54) is 18.4 Å². The molecule has 0 radical (unpaired) electrons. The molecular formula is C17H24N4O2S2. The average molecular weight is 381 g/mol. The van der Waals surface area contributed by atoms with Gasteiger partial charge in [0.25, 0.3) is 0 Å². The van der Waals surface area contributed by atoms with Crippen LogP contribution in [0.3, 0.4) is 0 Å². The Kier molecular flexibility index (Phi) is 6.18. The van der Waals surface area contributed by atoms with E-state index in [-0.39, 0.29) is 5.97 Å². The lowest BCUT2D eigenvalue weighted by molar-refractivity contribution is 0.0601. The third-order valence-corrected chi connectivity index (χ3v) is 5.63. The number of ether oxygens (including phenoxy) is 1. The van der Waals surface area contributed by atoms with Crippen molar-refractivity contribution in [2.24, 2.45) is 0 Å². The van der Waals surface area contributed by atoms with Crippen LogP contribution in [-0.4, -0.2) is 28.0 Å². The molecule has 0 spiro atoms. The molecule has 0 amide bonds. The normalized spacial score (nSPS) is 10.6. The Hall–Kier alpha value is -1.93. The van der Waals surface area contributed by atoms with Gasteiger partial charge in [-0.05, 0) is 52.4 Å². The van der Waals surface area contributed by atoms with Gasteiger partial charge in [-0.25, -0.2) is 4.79 Å². The van der Waals surface area contributed by atoms with Gasteiger partial charge in [0, 0.05) is 29.2 Å². The highest BCUT2D eigenvalue weighted by atomic mass is 32.1. The Morgan fingerprint density at radius 1 is 1.32 bits per heavy atom. The molecule has 0 aromatic carbocycles. The zero-order valence-electron chi connectivity index (χ0n) is 15.4. The van der Waals surface area contributed by atoms with Crippen molar-refractivity contribution < 1.29 is 9.53 Å². The second-order valence-electron chi connectivity index (χ2n) is 5.75. The van der Waals surface area contributed by atoms with Gasteiger partial charge in [0.2, 0.25) is 0 Å². The molecule has 0 saturated carbocycles. The number of rotatable bonds is 5. The molecule has 136 valence electrons. The van der Waals surface area contributed by atoms with Gasteiger partial charge in [0.1, 0.15) is 5.00 Å². The molecule has 2 heterocycles. The Morgan fingerprint density at radius 3 is 2.56 bits per heavy atom. The molecule has 0 saturated heterocycles. The fraction of sp³-hybridized carbons (Fsp3) is 0.471. The first kappa shape index (κ1) is 19.4. The van der Waals surface area contributed by atoms with Crippen LogP contribution in [0.5, 0.6) is 0 Å². The van der Waals surface area contributed by atoms with Crippen molar-refractivity contribution >= 4 is 39.6 Å². The number of esters is 1. The van der Waals surface area contributed by atoms with E-state index in [2.05, 4.69) is 29.6 Å². The summed E-state index contributed by atoms with van der Waals surface area (Å²) in [5, 5.41) is 12.0. The van der Waals surface area contributed by atoms with Crippen LogP contribution in [0.15, 0.2) is 0 Å². The van der Waals surface area contributed by atoms with Gasteiger partial charge in [-0.1, -0.05) is 0 Å². The molecule has 0 fully saturated rings. The molecule has 2 aromatic rings. The summed E-state index contributed by atoms with van der Waals surface area (Å²) in [7, 11) is 1.38. The first-order chi connectivity index (χ1) is 11.8. The van der Waals surface area contributed by atoms with Crippen LogP contribution in [0.25, 0.3) is 0 Å². The highest BCUT2D eigenvalue weighted by Crippen LogP contribution is 2.32. The summed E-state index contributed by atoms with van der Waals surface area (Å²) in [5.74, 6) is -0.358. The maximum atomic E-state index is 12.0. The van der Waals surface area contributed by atoms with E-state index in [4.69, 9.17) is 17.0 Å². The maximum absolute atomic E-state index is 12.0. The van der Waals surface area contributed by atoms with E-state index < -0.39 is 0 Å². The Balaban J connectivity index is 2.10. The van der Waals surface area contributed by atoms with Crippen molar-refractivity contribution in [3.05, 3.63) is 33.0 Å². The molecule has 2 N–H and O–H groups in total. The Bertz CT molecular complexity index is 808. The molecule has 0 aliphatic heterocycles. The number of nitrogens with one attached hydrogen (secondary N) is 2. The number of anilines is 1. The number of aromatic nitrogens is 2. The van der Waals surface area contributed by atoms with E-state index >= 15 is 0 Å². The number of nitrogens with zero attached hydrogens (tertiary/aromatic N) is 2. The fourth-order valence-electron chi connectivity index (χ4n) is 2.68. The Labute approximate surface area is 157 Å². The van der Waals surface area contributed by atoms with E-state index in [1.807, 2.05) is 25.5 Å². The smallest absolute Gasteiger partial charge is 0.341 e. The maximum Gasteiger partial charge on any atom is 0.341 e. The minimum atomic E-state index is -0.358. The lowest BCUT2D eigenvalue weighted by Gasteiger charge is -2.11. The highest BCUT2D eigenvalue weighted by Gasteiger charge is 2.21. The minimum Gasteiger partial charge on any atom is -0.465 e. The summed E-state index contributed by atoms with van der Waals surface area (Å²) in [5.41, 5.74) is 4.72. The van der Waals surface area contributed by atoms with Crippen molar-refractivity contribution in [2.45, 2.75) is 47.7 Å². The summed E-state index contributed by atoms with van der Waals surface area (Å²) in [4.78, 5) is 13.1. The fourth-order valence-corrected chi connectivity index (χ4v) is 3.97. The predicted molar refractivity (Wildman–Crippen MR) is 106 cm³/mol. The molecular weight excluding hydrogens is 356 g/mol. The van der Waals surface area contributed by atoms with Gasteiger partial charge in [0.05, 0.1) is 18.4 Å². The minimum absolute atomic E-state index is 0.358. The molecule has 8 heteroatoms. The van der Waals surface area contributed by atoms with E-state index in [9.17, 15) is 4.79 Å². The molecule has 2 aromatic heterocycles. The summed E-state index contributed by atoms with van der Waals surface area (Å²) < 4.78 is 6.86. The quantitative estimate of drug-likeness (QED) is 0.611. The predicted octanol–water partition coefficient (Wildman–Crippen LogP) is 3.47. The summed E-state index contributed by atoms with van der Waals surface area (Å²) >= 11 is 6.89. The van der Waals surface area contributed by atoms with Crippen molar-refractivity contribution in [1.29, 1.82) is 0 Å². The van der Waals surface area contributed by atoms with Crippen LogP contribution in [0.1, 0.15) is 44.7 Å². The van der Waals surface area contributed by atoms with E-state index in [0.29, 0.717) is 22.2 Å². The van der Waals surface area contributed by atoms with Crippen molar-refractivity contribution in [1.82, 2.24) is 15.1 Å². The third-order valence-electron chi connectivity index (χ3n) is 4.26. The lowest BCUT2D eigenvalue weighted by Crippen LogP contribution is -2.28. The van der Waals surface area contributed by atoms with E-state index in [1.54, 1.807) is 0 Å². The number of carbonyl (C=O) groups is 1. The van der Waals surface area contributed by atoms with E-state index in [0.717, 1.165) is 33.9 Å². The second-order valence-corrected chi connectivity index (χ2v) is 7.38. The van der Waals surface area contributed by atoms with Crippen LogP contribution in [-0.2, 0) is 17.8 Å². The van der Waals surface area contributed by atoms with Crippen molar-refractivity contribution in [3.8, 4) is 0 Å². The topological polar surface area (TPSA) is 68.2 Å². The number of thiocarbonyl (C=S) groups is 1. The highest BCUT2D eigenvalue weighted by molar-refractivity contribution is 7.80. The zero-order chi connectivity index (χ0) is 18.7. The second kappa shape index (κ2) is 7.97. The number of hydrogen-bond donors (Lipinski definition) is 2. The zero-order valence-corrected chi connectivity index (χ0v) is 17.1. The van der Waals surface area contributed by atoms with Gasteiger partial charge in [-0.3, -0.25) is 4.68 Å². The standard InChI is InChI=1S/C17H24N4O2S2/c1-7-21-11(4)13(10(3)20-21)8-18-17(24)19-15-14(16(22)23-6)9(2)12(5)25-15/h7-8H2,1-6H3,(H2,18,19,24). The first-order valence-corrected chi connectivity index (χ1v) is 9.28. The summed E-state index contributed by atoms with van der Waals surface area (Å²) in [6.45, 7) is 11.4. The molecule has 0 aliphatic carbocycles. The van der Waals surface area contributed by atoms with Crippen LogP contribution in [0.4, 0.5) is 5.00 Å². The third kappa shape index (κ3) is 4.01. The molecule has 0 unspecified atom stereocenters. The SMILES string of the molecule is CCn1nc(C)c(CNC(=S)Nc2sc(C)c(C)c2C(=O)OC)c1C. The summed E-state index contributed by atoms with van der Waals surface area (Å²) in [6, 6.07) is 0. The summed E-state index contributed by atoms with van der Waals surface area (Å²) in [6.07, 6.45) is 0. The number of methoxy groups -OCH3 is 1. The molecule has 25 heavy (non-hydrogen) atoms. The Morgan fingerprint density at radius 2 is 2.00 bits per heavy atom. The van der Waals surface area contributed by atoms with Crippen LogP contribution in [0, 0.1) is 27.7 Å². The van der Waals surface area contributed by atoms with Gasteiger partial charge in [-0.15, -0.1) is 11.3 Å². The van der Waals surface area contributed by atoms with Gasteiger partial charge in [-0.2, -0.15) is 5.10 Å². The number of hydrogen-bond acceptors (Lipinski definition) is 5. The average Bonchev–Trinajstić information content (AvgIpc) is 3.01. The number of carbonyl (C=O) groups excluding carboxylic acids is 1. The van der Waals surface area contributed by atoms with Crippen LogP contribution >= 0.6 is 23.6 Å². The first-order valence-electron chi connectivity index (χ1n) is 8.06. The molecule has 2 rings (SSSR count). The van der Waals surface area contributed by atoms with Gasteiger partial charge < -0.3 is 15.4 Å². The molecule has 0 atom stereocenters. The van der Waals surface area contributed by atoms with Gasteiger partial charge >= 0.3 is 5.97 Å². The van der Waals surface area contributed by atoms with Crippen molar-refractivity contribution in [2.75, 3.05) is 12.4 Å². The van der Waals surface area contributed by atoms with Crippen LogP contribution < -0.4 is 10.6 Å². The number of aryl methyl sites for hydroxylation is 3. The number of thiophene rings is 1. The lowest BCUT2D eigenvalue weighted by atomic mass is 10.1. The molecule has 6 nitrogen and oxygen atoms in total. The van der Waals surface area contributed by atoms with Gasteiger partial charge in [0.15, 0.2) is 5.11 Å². The molecule has 0 aliphatic rings. The van der Waals surface area contributed by atoms with Crippen molar-refractivity contribution in [3.63, 3.8) is 0 Å². The monoisotopic (exact) mass is 380 g/mol.